The Hall–Kier alpha value is -1.49. The lowest BCUT2D eigenvalue weighted by Crippen LogP contribution is -2.15. The molecule has 5 nitrogen and oxygen atoms in total. The Labute approximate surface area is 120 Å². The van der Waals surface area contributed by atoms with Crippen molar-refractivity contribution >= 4 is 5.97 Å². The smallest absolute Gasteiger partial charge is 0.341 e. The zero-order valence-electron chi connectivity index (χ0n) is 12.8. The number of esters is 1. The van der Waals surface area contributed by atoms with Crippen molar-refractivity contribution in [2.45, 2.75) is 53.1 Å². The van der Waals surface area contributed by atoms with Crippen LogP contribution in [0.1, 0.15) is 68.5 Å². The molecule has 0 saturated carbocycles. The van der Waals surface area contributed by atoms with Gasteiger partial charge in [-0.05, 0) is 26.7 Å². The second kappa shape index (κ2) is 8.64. The van der Waals surface area contributed by atoms with E-state index in [0.717, 1.165) is 12.8 Å². The molecule has 0 aliphatic heterocycles. The van der Waals surface area contributed by atoms with Crippen molar-refractivity contribution in [2.24, 2.45) is 0 Å². The quantitative estimate of drug-likeness (QED) is 0.685. The van der Waals surface area contributed by atoms with Gasteiger partial charge >= 0.3 is 5.97 Å². The van der Waals surface area contributed by atoms with Crippen LogP contribution in [0, 0.1) is 0 Å². The molecule has 112 valence electrons. The van der Waals surface area contributed by atoms with Gasteiger partial charge in [0.05, 0.1) is 17.9 Å². The number of hydrogen-bond donors (Lipinski definition) is 0. The summed E-state index contributed by atoms with van der Waals surface area (Å²) in [5.74, 6) is 0.290. The first-order valence-electron chi connectivity index (χ1n) is 7.32. The summed E-state index contributed by atoms with van der Waals surface area (Å²) in [6.07, 6.45) is 3.98. The van der Waals surface area contributed by atoms with E-state index < -0.39 is 0 Å². The van der Waals surface area contributed by atoms with E-state index in [1.54, 1.807) is 13.1 Å². The van der Waals surface area contributed by atoms with Crippen LogP contribution in [-0.2, 0) is 15.9 Å². The Morgan fingerprint density at radius 1 is 1.25 bits per heavy atom. The molecular weight excluding hydrogens is 256 g/mol. The number of carbonyl (C=O) groups excluding carboxylic acids is 1. The number of hydrogen-bond acceptors (Lipinski definition) is 5. The normalized spacial score (nSPS) is 12.2. The van der Waals surface area contributed by atoms with Crippen LogP contribution in [0.15, 0.2) is 6.20 Å². The molecule has 0 fully saturated rings. The lowest BCUT2D eigenvalue weighted by molar-refractivity contribution is 0.0479. The van der Waals surface area contributed by atoms with Crippen molar-refractivity contribution in [1.29, 1.82) is 0 Å². The molecule has 0 bridgehead atoms. The fourth-order valence-corrected chi connectivity index (χ4v) is 1.99. The molecule has 0 saturated heterocycles. The predicted octanol–water partition coefficient (Wildman–Crippen LogP) is 3.09. The number of aromatic nitrogens is 2. The van der Waals surface area contributed by atoms with Crippen molar-refractivity contribution < 1.29 is 14.3 Å². The SMILES string of the molecule is CCCC(OCC)c1ncc(C(=O)OCC)c(CC)n1. The van der Waals surface area contributed by atoms with Crippen molar-refractivity contribution in [3.63, 3.8) is 0 Å². The zero-order chi connectivity index (χ0) is 15.0. The van der Waals surface area contributed by atoms with Crippen LogP contribution in [0.5, 0.6) is 0 Å². The molecule has 5 heteroatoms. The summed E-state index contributed by atoms with van der Waals surface area (Å²) in [5.41, 5.74) is 1.17. The van der Waals surface area contributed by atoms with Gasteiger partial charge in [0.25, 0.3) is 0 Å². The van der Waals surface area contributed by atoms with Crippen molar-refractivity contribution in [3.8, 4) is 0 Å². The maximum Gasteiger partial charge on any atom is 0.341 e. The predicted molar refractivity (Wildman–Crippen MR) is 76.6 cm³/mol. The van der Waals surface area contributed by atoms with E-state index in [4.69, 9.17) is 9.47 Å². The van der Waals surface area contributed by atoms with Gasteiger partial charge in [-0.1, -0.05) is 20.3 Å². The lowest BCUT2D eigenvalue weighted by Gasteiger charge is -2.16. The molecule has 1 aromatic heterocycles. The highest BCUT2D eigenvalue weighted by atomic mass is 16.5. The molecule has 0 aliphatic rings. The van der Waals surface area contributed by atoms with E-state index in [2.05, 4.69) is 16.9 Å². The molecule has 1 heterocycles. The zero-order valence-corrected chi connectivity index (χ0v) is 12.8. The first-order valence-corrected chi connectivity index (χ1v) is 7.32. The van der Waals surface area contributed by atoms with E-state index in [9.17, 15) is 4.79 Å². The first-order chi connectivity index (χ1) is 9.67. The Morgan fingerprint density at radius 3 is 2.55 bits per heavy atom. The molecule has 0 radical (unpaired) electrons. The molecular formula is C15H24N2O3. The van der Waals surface area contributed by atoms with Crippen LogP contribution in [0.3, 0.4) is 0 Å². The summed E-state index contributed by atoms with van der Waals surface area (Å²) < 4.78 is 10.7. The number of nitrogens with zero attached hydrogens (tertiary/aromatic N) is 2. The first kappa shape index (κ1) is 16.6. The second-order valence-corrected chi connectivity index (χ2v) is 4.40. The average molecular weight is 280 g/mol. The topological polar surface area (TPSA) is 61.3 Å². The van der Waals surface area contributed by atoms with E-state index in [-0.39, 0.29) is 12.1 Å². The standard InChI is InChI=1S/C15H24N2O3/c1-5-9-13(19-7-3)14-16-10-11(12(6-2)17-14)15(18)20-8-4/h10,13H,5-9H2,1-4H3. The molecule has 1 atom stereocenters. The molecule has 20 heavy (non-hydrogen) atoms. The van der Waals surface area contributed by atoms with Crippen LogP contribution in [0.25, 0.3) is 0 Å². The molecule has 0 aliphatic carbocycles. The van der Waals surface area contributed by atoms with Crippen molar-refractivity contribution in [2.75, 3.05) is 13.2 Å². The Balaban J connectivity index is 3.03. The van der Waals surface area contributed by atoms with Gasteiger partial charge in [-0.2, -0.15) is 0 Å². The van der Waals surface area contributed by atoms with Gasteiger partial charge in [-0.3, -0.25) is 0 Å². The molecule has 0 amide bonds. The molecule has 1 aromatic rings. The summed E-state index contributed by atoms with van der Waals surface area (Å²) in [4.78, 5) is 20.6. The van der Waals surface area contributed by atoms with Crippen LogP contribution >= 0.6 is 0 Å². The van der Waals surface area contributed by atoms with Crippen molar-refractivity contribution in [3.05, 3.63) is 23.3 Å². The summed E-state index contributed by atoms with van der Waals surface area (Å²) >= 11 is 0. The van der Waals surface area contributed by atoms with E-state index in [1.807, 2.05) is 13.8 Å². The minimum Gasteiger partial charge on any atom is -0.462 e. The minimum absolute atomic E-state index is 0.105. The number of rotatable bonds is 8. The van der Waals surface area contributed by atoms with Crippen LogP contribution in [-0.4, -0.2) is 29.2 Å². The van der Waals surface area contributed by atoms with E-state index >= 15 is 0 Å². The van der Waals surface area contributed by atoms with E-state index in [1.165, 1.54) is 0 Å². The molecule has 0 N–H and O–H groups in total. The highest BCUT2D eigenvalue weighted by Gasteiger charge is 2.19. The lowest BCUT2D eigenvalue weighted by atomic mass is 10.1. The number of carbonyl (C=O) groups is 1. The van der Waals surface area contributed by atoms with Gasteiger partial charge in [0.1, 0.15) is 6.10 Å². The second-order valence-electron chi connectivity index (χ2n) is 4.40. The van der Waals surface area contributed by atoms with Crippen LogP contribution in [0.2, 0.25) is 0 Å². The number of aryl methyl sites for hydroxylation is 1. The molecule has 0 aromatic carbocycles. The Kier molecular flexibility index (Phi) is 7.15. The summed E-state index contributed by atoms with van der Waals surface area (Å²) in [6.45, 7) is 8.77. The Bertz CT molecular complexity index is 429. The molecule has 0 spiro atoms. The fraction of sp³-hybridized carbons (Fsp3) is 0.667. The van der Waals surface area contributed by atoms with Crippen LogP contribution < -0.4 is 0 Å². The van der Waals surface area contributed by atoms with Gasteiger partial charge in [0, 0.05) is 12.8 Å². The van der Waals surface area contributed by atoms with Crippen molar-refractivity contribution in [1.82, 2.24) is 9.97 Å². The third-order valence-electron chi connectivity index (χ3n) is 2.92. The molecule has 1 unspecified atom stereocenters. The third-order valence-corrected chi connectivity index (χ3v) is 2.92. The summed E-state index contributed by atoms with van der Waals surface area (Å²) in [6, 6.07) is 0. The van der Waals surface area contributed by atoms with Gasteiger partial charge in [0.15, 0.2) is 5.82 Å². The molecule has 1 rings (SSSR count). The minimum atomic E-state index is -0.362. The number of ether oxygens (including phenoxy) is 2. The van der Waals surface area contributed by atoms with E-state index in [0.29, 0.717) is 36.7 Å². The largest absolute Gasteiger partial charge is 0.462 e. The van der Waals surface area contributed by atoms with Crippen LogP contribution in [0.4, 0.5) is 0 Å². The fourth-order valence-electron chi connectivity index (χ4n) is 1.99. The summed E-state index contributed by atoms with van der Waals surface area (Å²) in [7, 11) is 0. The monoisotopic (exact) mass is 280 g/mol. The highest BCUT2D eigenvalue weighted by molar-refractivity contribution is 5.90. The summed E-state index contributed by atoms with van der Waals surface area (Å²) in [5, 5.41) is 0. The maximum atomic E-state index is 11.8. The van der Waals surface area contributed by atoms with Gasteiger partial charge in [-0.15, -0.1) is 0 Å². The highest BCUT2D eigenvalue weighted by Crippen LogP contribution is 2.20. The Morgan fingerprint density at radius 2 is 2.00 bits per heavy atom. The van der Waals surface area contributed by atoms with Gasteiger partial charge < -0.3 is 9.47 Å². The third kappa shape index (κ3) is 4.27. The van der Waals surface area contributed by atoms with Gasteiger partial charge in [0.2, 0.25) is 0 Å². The average Bonchev–Trinajstić information content (AvgIpc) is 2.46. The maximum absolute atomic E-state index is 11.8. The van der Waals surface area contributed by atoms with Gasteiger partial charge in [-0.25, -0.2) is 14.8 Å².